The Morgan fingerprint density at radius 2 is 1.74 bits per heavy atom. The standard InChI is InChI=1S/C20H33NO2/c1-5-6-12-17(18-13-8-7-9-14-18)15-10-11-16-21-19(22)23-20(2,3)4/h7-9,13-14,17H,5-6,10-12,15-16H2,1-4H3,(H,21,22). The zero-order valence-electron chi connectivity index (χ0n) is 15.2. The quantitative estimate of drug-likeness (QED) is 0.597. The van der Waals surface area contributed by atoms with Crippen LogP contribution in [0.25, 0.3) is 0 Å². The van der Waals surface area contributed by atoms with Crippen molar-refractivity contribution in [3.8, 4) is 0 Å². The van der Waals surface area contributed by atoms with Crippen molar-refractivity contribution >= 4 is 6.09 Å². The lowest BCUT2D eigenvalue weighted by Crippen LogP contribution is -2.33. The lowest BCUT2D eigenvalue weighted by atomic mass is 9.89. The lowest BCUT2D eigenvalue weighted by Gasteiger charge is -2.20. The maximum absolute atomic E-state index is 11.6. The fourth-order valence-electron chi connectivity index (χ4n) is 2.67. The molecule has 0 saturated carbocycles. The van der Waals surface area contributed by atoms with E-state index in [0.717, 1.165) is 12.8 Å². The minimum atomic E-state index is -0.428. The number of unbranched alkanes of at least 4 members (excludes halogenated alkanes) is 2. The summed E-state index contributed by atoms with van der Waals surface area (Å²) in [6, 6.07) is 10.8. The number of rotatable bonds is 9. The molecule has 0 radical (unpaired) electrons. The van der Waals surface area contributed by atoms with Crippen LogP contribution in [0.1, 0.15) is 77.7 Å². The van der Waals surface area contributed by atoms with Gasteiger partial charge in [-0.1, -0.05) is 56.5 Å². The summed E-state index contributed by atoms with van der Waals surface area (Å²) in [6.07, 6.45) is 6.75. The summed E-state index contributed by atoms with van der Waals surface area (Å²) >= 11 is 0. The van der Waals surface area contributed by atoms with Crippen LogP contribution >= 0.6 is 0 Å². The number of amides is 1. The van der Waals surface area contributed by atoms with Crippen molar-refractivity contribution in [1.82, 2.24) is 5.32 Å². The maximum atomic E-state index is 11.6. The lowest BCUT2D eigenvalue weighted by molar-refractivity contribution is 0.0527. The molecule has 1 rings (SSSR count). The number of nitrogens with one attached hydrogen (secondary N) is 1. The molecule has 0 fully saturated rings. The molecule has 1 aromatic carbocycles. The first-order valence-electron chi connectivity index (χ1n) is 8.94. The number of hydrogen-bond donors (Lipinski definition) is 1. The van der Waals surface area contributed by atoms with Crippen LogP contribution in [-0.2, 0) is 4.74 Å². The third kappa shape index (κ3) is 9.27. The highest BCUT2D eigenvalue weighted by molar-refractivity contribution is 5.67. The van der Waals surface area contributed by atoms with Gasteiger partial charge in [-0.15, -0.1) is 0 Å². The van der Waals surface area contributed by atoms with Gasteiger partial charge in [-0.05, 0) is 51.5 Å². The molecule has 0 saturated heterocycles. The SMILES string of the molecule is CCCCC(CCCCNC(=O)OC(C)(C)C)c1ccccc1. The van der Waals surface area contributed by atoms with Crippen molar-refractivity contribution in [2.75, 3.05) is 6.54 Å². The van der Waals surface area contributed by atoms with Gasteiger partial charge in [-0.25, -0.2) is 4.79 Å². The second kappa shape index (κ2) is 10.3. The third-order valence-electron chi connectivity index (χ3n) is 3.82. The molecule has 130 valence electrons. The van der Waals surface area contributed by atoms with E-state index in [2.05, 4.69) is 42.6 Å². The van der Waals surface area contributed by atoms with Gasteiger partial charge in [-0.3, -0.25) is 0 Å². The number of hydrogen-bond acceptors (Lipinski definition) is 2. The fourth-order valence-corrected chi connectivity index (χ4v) is 2.67. The Bertz CT molecular complexity index is 437. The van der Waals surface area contributed by atoms with Crippen LogP contribution in [0.15, 0.2) is 30.3 Å². The zero-order valence-corrected chi connectivity index (χ0v) is 15.2. The second-order valence-corrected chi connectivity index (χ2v) is 7.17. The highest BCUT2D eigenvalue weighted by Gasteiger charge is 2.15. The first-order valence-corrected chi connectivity index (χ1v) is 8.94. The van der Waals surface area contributed by atoms with E-state index in [1.54, 1.807) is 0 Å². The Balaban J connectivity index is 2.29. The van der Waals surface area contributed by atoms with Crippen molar-refractivity contribution in [3.05, 3.63) is 35.9 Å². The topological polar surface area (TPSA) is 38.3 Å². The number of benzene rings is 1. The molecule has 1 unspecified atom stereocenters. The van der Waals surface area contributed by atoms with Gasteiger partial charge < -0.3 is 10.1 Å². The maximum Gasteiger partial charge on any atom is 0.407 e. The first kappa shape index (κ1) is 19.5. The van der Waals surface area contributed by atoms with Crippen LogP contribution in [0.2, 0.25) is 0 Å². The van der Waals surface area contributed by atoms with E-state index in [0.29, 0.717) is 12.5 Å². The Morgan fingerprint density at radius 3 is 2.35 bits per heavy atom. The molecular weight excluding hydrogens is 286 g/mol. The smallest absolute Gasteiger partial charge is 0.407 e. The molecule has 0 aliphatic rings. The highest BCUT2D eigenvalue weighted by atomic mass is 16.6. The van der Waals surface area contributed by atoms with E-state index < -0.39 is 5.60 Å². The van der Waals surface area contributed by atoms with Crippen molar-refractivity contribution in [2.45, 2.75) is 77.7 Å². The van der Waals surface area contributed by atoms with E-state index in [1.807, 2.05) is 20.8 Å². The van der Waals surface area contributed by atoms with Crippen molar-refractivity contribution in [2.24, 2.45) is 0 Å². The molecule has 3 nitrogen and oxygen atoms in total. The van der Waals surface area contributed by atoms with Crippen LogP contribution in [0, 0.1) is 0 Å². The molecule has 23 heavy (non-hydrogen) atoms. The number of alkyl carbamates (subject to hydrolysis) is 1. The summed E-state index contributed by atoms with van der Waals surface area (Å²) < 4.78 is 5.24. The van der Waals surface area contributed by atoms with Gasteiger partial charge in [0.1, 0.15) is 5.60 Å². The van der Waals surface area contributed by atoms with Gasteiger partial charge >= 0.3 is 6.09 Å². The van der Waals surface area contributed by atoms with Crippen molar-refractivity contribution in [3.63, 3.8) is 0 Å². The molecular formula is C20H33NO2. The Labute approximate surface area is 141 Å². The first-order chi connectivity index (χ1) is 10.9. The molecule has 3 heteroatoms. The molecule has 1 aromatic rings. The molecule has 1 N–H and O–H groups in total. The minimum absolute atomic E-state index is 0.317. The van der Waals surface area contributed by atoms with Crippen molar-refractivity contribution < 1.29 is 9.53 Å². The average molecular weight is 319 g/mol. The van der Waals surface area contributed by atoms with Gasteiger partial charge in [0.05, 0.1) is 0 Å². The molecule has 0 heterocycles. The van der Waals surface area contributed by atoms with Gasteiger partial charge in [-0.2, -0.15) is 0 Å². The average Bonchev–Trinajstić information content (AvgIpc) is 2.49. The molecule has 1 amide bonds. The van der Waals surface area contributed by atoms with Gasteiger partial charge in [0.15, 0.2) is 0 Å². The van der Waals surface area contributed by atoms with Crippen LogP contribution in [-0.4, -0.2) is 18.2 Å². The molecule has 1 atom stereocenters. The number of carbonyl (C=O) groups is 1. The molecule has 0 aromatic heterocycles. The van der Waals surface area contributed by atoms with Gasteiger partial charge in [0, 0.05) is 6.54 Å². The highest BCUT2D eigenvalue weighted by Crippen LogP contribution is 2.27. The van der Waals surface area contributed by atoms with Crippen LogP contribution in [0.3, 0.4) is 0 Å². The van der Waals surface area contributed by atoms with Crippen molar-refractivity contribution in [1.29, 1.82) is 0 Å². The largest absolute Gasteiger partial charge is 0.444 e. The molecule has 0 aliphatic heterocycles. The second-order valence-electron chi connectivity index (χ2n) is 7.17. The van der Waals surface area contributed by atoms with E-state index in [-0.39, 0.29) is 6.09 Å². The summed E-state index contributed by atoms with van der Waals surface area (Å²) in [5.74, 6) is 0.637. The van der Waals surface area contributed by atoms with E-state index in [9.17, 15) is 4.79 Å². The normalized spacial score (nSPS) is 12.7. The summed E-state index contributed by atoms with van der Waals surface area (Å²) in [5, 5.41) is 2.83. The molecule has 0 spiro atoms. The molecule has 0 bridgehead atoms. The Kier molecular flexibility index (Phi) is 8.75. The number of carbonyl (C=O) groups excluding carboxylic acids is 1. The van der Waals surface area contributed by atoms with E-state index >= 15 is 0 Å². The summed E-state index contributed by atoms with van der Waals surface area (Å²) in [7, 11) is 0. The zero-order chi connectivity index (χ0) is 17.1. The summed E-state index contributed by atoms with van der Waals surface area (Å²) in [5.41, 5.74) is 1.02. The molecule has 0 aliphatic carbocycles. The predicted octanol–water partition coefficient (Wildman–Crippen LogP) is 5.66. The third-order valence-corrected chi connectivity index (χ3v) is 3.82. The monoisotopic (exact) mass is 319 g/mol. The van der Waals surface area contributed by atoms with Crippen LogP contribution in [0.4, 0.5) is 4.79 Å². The van der Waals surface area contributed by atoms with Gasteiger partial charge in [0.25, 0.3) is 0 Å². The van der Waals surface area contributed by atoms with Gasteiger partial charge in [0.2, 0.25) is 0 Å². The van der Waals surface area contributed by atoms with Crippen LogP contribution in [0.5, 0.6) is 0 Å². The number of ether oxygens (including phenoxy) is 1. The van der Waals surface area contributed by atoms with E-state index in [4.69, 9.17) is 4.74 Å². The summed E-state index contributed by atoms with van der Waals surface area (Å²) in [6.45, 7) is 8.57. The Morgan fingerprint density at radius 1 is 1.09 bits per heavy atom. The predicted molar refractivity (Wildman–Crippen MR) is 96.8 cm³/mol. The summed E-state index contributed by atoms with van der Waals surface area (Å²) in [4.78, 5) is 11.6. The van der Waals surface area contributed by atoms with Crippen LogP contribution < -0.4 is 5.32 Å². The Hall–Kier alpha value is -1.51. The fraction of sp³-hybridized carbons (Fsp3) is 0.650. The minimum Gasteiger partial charge on any atom is -0.444 e. The van der Waals surface area contributed by atoms with E-state index in [1.165, 1.54) is 31.2 Å².